The maximum Gasteiger partial charge on any atom is 0.222 e. The zero-order chi connectivity index (χ0) is 16.8. The van der Waals surface area contributed by atoms with Gasteiger partial charge < -0.3 is 4.90 Å². The molecular formula is C20H21N3O. The maximum absolute atomic E-state index is 12.3. The van der Waals surface area contributed by atoms with Gasteiger partial charge in [-0.3, -0.25) is 4.79 Å². The minimum Gasteiger partial charge on any atom is -0.341 e. The summed E-state index contributed by atoms with van der Waals surface area (Å²) < 4.78 is 1.84. The van der Waals surface area contributed by atoms with Gasteiger partial charge >= 0.3 is 0 Å². The molecule has 1 aromatic heterocycles. The van der Waals surface area contributed by atoms with Gasteiger partial charge in [0.15, 0.2) is 0 Å². The molecule has 0 saturated heterocycles. The molecule has 0 fully saturated rings. The van der Waals surface area contributed by atoms with Crippen molar-refractivity contribution in [3.8, 4) is 5.69 Å². The highest BCUT2D eigenvalue weighted by Gasteiger charge is 2.10. The molecule has 4 heteroatoms. The largest absolute Gasteiger partial charge is 0.341 e. The summed E-state index contributed by atoms with van der Waals surface area (Å²) in [6.45, 7) is 0.642. The Bertz CT molecular complexity index is 781. The van der Waals surface area contributed by atoms with Crippen molar-refractivity contribution in [2.45, 2.75) is 19.4 Å². The predicted octanol–water partition coefficient (Wildman–Crippen LogP) is 3.46. The molecule has 0 aliphatic heterocycles. The van der Waals surface area contributed by atoms with Crippen molar-refractivity contribution < 1.29 is 4.79 Å². The third-order valence-corrected chi connectivity index (χ3v) is 3.97. The number of rotatable bonds is 6. The minimum atomic E-state index is 0.145. The molecule has 3 aromatic rings. The minimum absolute atomic E-state index is 0.145. The Balaban J connectivity index is 1.54. The summed E-state index contributed by atoms with van der Waals surface area (Å²) in [5.74, 6) is 0.145. The van der Waals surface area contributed by atoms with Gasteiger partial charge in [-0.15, -0.1) is 0 Å². The molecule has 24 heavy (non-hydrogen) atoms. The van der Waals surface area contributed by atoms with Crippen LogP contribution in [-0.2, 0) is 17.8 Å². The van der Waals surface area contributed by atoms with E-state index in [1.807, 2.05) is 84.8 Å². The fourth-order valence-corrected chi connectivity index (χ4v) is 2.60. The van der Waals surface area contributed by atoms with Crippen molar-refractivity contribution in [3.05, 3.63) is 84.2 Å². The lowest BCUT2D eigenvalue weighted by Gasteiger charge is -2.17. The lowest BCUT2D eigenvalue weighted by atomic mass is 10.1. The molecule has 1 amide bonds. The fourth-order valence-electron chi connectivity index (χ4n) is 2.60. The lowest BCUT2D eigenvalue weighted by molar-refractivity contribution is -0.130. The average molecular weight is 319 g/mol. The number of aryl methyl sites for hydroxylation is 1. The van der Waals surface area contributed by atoms with E-state index < -0.39 is 0 Å². The number of carbonyl (C=O) groups is 1. The van der Waals surface area contributed by atoms with E-state index in [-0.39, 0.29) is 5.91 Å². The first-order chi connectivity index (χ1) is 11.7. The number of aromatic nitrogens is 2. The highest BCUT2D eigenvalue weighted by molar-refractivity contribution is 5.76. The second-order valence-corrected chi connectivity index (χ2v) is 5.86. The first-order valence-electron chi connectivity index (χ1n) is 8.09. The van der Waals surface area contributed by atoms with Crippen molar-refractivity contribution in [1.82, 2.24) is 14.7 Å². The monoisotopic (exact) mass is 319 g/mol. The van der Waals surface area contributed by atoms with Crippen LogP contribution in [0.15, 0.2) is 73.1 Å². The second kappa shape index (κ2) is 7.59. The maximum atomic E-state index is 12.3. The van der Waals surface area contributed by atoms with Crippen molar-refractivity contribution in [2.24, 2.45) is 0 Å². The van der Waals surface area contributed by atoms with Crippen LogP contribution >= 0.6 is 0 Å². The predicted molar refractivity (Wildman–Crippen MR) is 94.8 cm³/mol. The zero-order valence-corrected chi connectivity index (χ0v) is 13.8. The highest BCUT2D eigenvalue weighted by atomic mass is 16.2. The number of para-hydroxylation sites is 1. The molecule has 0 aliphatic rings. The third-order valence-electron chi connectivity index (χ3n) is 3.97. The Labute approximate surface area is 142 Å². The summed E-state index contributed by atoms with van der Waals surface area (Å²) in [4.78, 5) is 14.1. The van der Waals surface area contributed by atoms with Crippen molar-refractivity contribution in [1.29, 1.82) is 0 Å². The van der Waals surface area contributed by atoms with E-state index >= 15 is 0 Å². The van der Waals surface area contributed by atoms with Crippen LogP contribution in [0.3, 0.4) is 0 Å². The molecule has 0 radical (unpaired) electrons. The summed E-state index contributed by atoms with van der Waals surface area (Å²) in [6.07, 6.45) is 5.01. The molecule has 0 aliphatic carbocycles. The summed E-state index contributed by atoms with van der Waals surface area (Å²) >= 11 is 0. The summed E-state index contributed by atoms with van der Waals surface area (Å²) in [7, 11) is 1.85. The Kier molecular flexibility index (Phi) is 5.06. The van der Waals surface area contributed by atoms with E-state index in [9.17, 15) is 4.79 Å². The van der Waals surface area contributed by atoms with Crippen molar-refractivity contribution >= 4 is 5.91 Å². The highest BCUT2D eigenvalue weighted by Crippen LogP contribution is 2.10. The van der Waals surface area contributed by atoms with Gasteiger partial charge in [-0.2, -0.15) is 5.10 Å². The average Bonchev–Trinajstić information content (AvgIpc) is 3.10. The van der Waals surface area contributed by atoms with Gasteiger partial charge in [-0.1, -0.05) is 48.5 Å². The Morgan fingerprint density at radius 2 is 1.67 bits per heavy atom. The van der Waals surface area contributed by atoms with E-state index in [1.54, 1.807) is 4.90 Å². The van der Waals surface area contributed by atoms with Crippen LogP contribution < -0.4 is 0 Å². The second-order valence-electron chi connectivity index (χ2n) is 5.86. The number of hydrogen-bond donors (Lipinski definition) is 0. The summed E-state index contributed by atoms with van der Waals surface area (Å²) in [5, 5.41) is 4.37. The Hall–Kier alpha value is -2.88. The standard InChI is InChI=1S/C20H21N3O/c1-22(15-17-8-4-2-5-9-17)20(24)13-12-18-14-21-23(16-18)19-10-6-3-7-11-19/h2-11,14,16H,12-13,15H2,1H3. The fraction of sp³-hybridized carbons (Fsp3) is 0.200. The topological polar surface area (TPSA) is 38.1 Å². The van der Waals surface area contributed by atoms with Crippen LogP contribution in [0, 0.1) is 0 Å². The Morgan fingerprint density at radius 1 is 1.00 bits per heavy atom. The van der Waals surface area contributed by atoms with Gasteiger partial charge in [0, 0.05) is 26.2 Å². The van der Waals surface area contributed by atoms with Crippen LogP contribution in [0.25, 0.3) is 5.69 Å². The van der Waals surface area contributed by atoms with E-state index in [1.165, 1.54) is 0 Å². The third kappa shape index (κ3) is 4.10. The summed E-state index contributed by atoms with van der Waals surface area (Å²) in [5.41, 5.74) is 3.24. The number of carbonyl (C=O) groups excluding carboxylic acids is 1. The van der Waals surface area contributed by atoms with E-state index in [4.69, 9.17) is 0 Å². The molecular weight excluding hydrogens is 298 g/mol. The van der Waals surface area contributed by atoms with Crippen LogP contribution in [0.2, 0.25) is 0 Å². The normalized spacial score (nSPS) is 10.5. The molecule has 1 heterocycles. The first kappa shape index (κ1) is 16.0. The van der Waals surface area contributed by atoms with E-state index in [0.717, 1.165) is 16.8 Å². The quantitative estimate of drug-likeness (QED) is 0.698. The molecule has 122 valence electrons. The van der Waals surface area contributed by atoms with Crippen LogP contribution in [0.4, 0.5) is 0 Å². The van der Waals surface area contributed by atoms with E-state index in [2.05, 4.69) is 5.10 Å². The zero-order valence-electron chi connectivity index (χ0n) is 13.8. The lowest BCUT2D eigenvalue weighted by Crippen LogP contribution is -2.26. The van der Waals surface area contributed by atoms with Gasteiger partial charge in [0.05, 0.1) is 11.9 Å². The summed E-state index contributed by atoms with van der Waals surface area (Å²) in [6, 6.07) is 20.0. The van der Waals surface area contributed by atoms with E-state index in [0.29, 0.717) is 19.4 Å². The molecule has 3 rings (SSSR count). The number of benzene rings is 2. The molecule has 0 saturated carbocycles. The van der Waals surface area contributed by atoms with Gasteiger partial charge in [0.1, 0.15) is 0 Å². The van der Waals surface area contributed by atoms with Gasteiger partial charge in [0.25, 0.3) is 0 Å². The van der Waals surface area contributed by atoms with Crippen molar-refractivity contribution in [2.75, 3.05) is 7.05 Å². The molecule has 0 unspecified atom stereocenters. The number of amides is 1. The van der Waals surface area contributed by atoms with Crippen LogP contribution in [0.5, 0.6) is 0 Å². The molecule has 4 nitrogen and oxygen atoms in total. The molecule has 0 atom stereocenters. The van der Waals surface area contributed by atoms with Crippen LogP contribution in [-0.4, -0.2) is 27.6 Å². The van der Waals surface area contributed by atoms with Gasteiger partial charge in [-0.05, 0) is 29.7 Å². The Morgan fingerprint density at radius 3 is 2.38 bits per heavy atom. The van der Waals surface area contributed by atoms with Gasteiger partial charge in [0.2, 0.25) is 5.91 Å². The van der Waals surface area contributed by atoms with Crippen molar-refractivity contribution in [3.63, 3.8) is 0 Å². The molecule has 2 aromatic carbocycles. The number of nitrogens with zero attached hydrogens (tertiary/aromatic N) is 3. The SMILES string of the molecule is CN(Cc1ccccc1)C(=O)CCc1cnn(-c2ccccc2)c1. The molecule has 0 bridgehead atoms. The van der Waals surface area contributed by atoms with Gasteiger partial charge in [-0.25, -0.2) is 4.68 Å². The smallest absolute Gasteiger partial charge is 0.222 e. The molecule has 0 spiro atoms. The number of hydrogen-bond acceptors (Lipinski definition) is 2. The van der Waals surface area contributed by atoms with Crippen LogP contribution in [0.1, 0.15) is 17.5 Å². The first-order valence-corrected chi connectivity index (χ1v) is 8.09. The molecule has 0 N–H and O–H groups in total.